The molecule has 0 bridgehead atoms. The van der Waals surface area contributed by atoms with Gasteiger partial charge in [0, 0.05) is 22.8 Å². The Hall–Kier alpha value is -0.130. The maximum Gasteiger partial charge on any atom is 0.0641 e. The monoisotopic (exact) mass is 345 g/mol. The lowest BCUT2D eigenvalue weighted by Gasteiger charge is -2.36. The van der Waals surface area contributed by atoms with Gasteiger partial charge in [-0.2, -0.15) is 0 Å². The van der Waals surface area contributed by atoms with Crippen LogP contribution in [-0.4, -0.2) is 18.2 Å². The van der Waals surface area contributed by atoms with Crippen molar-refractivity contribution in [1.29, 1.82) is 0 Å². The van der Waals surface area contributed by atoms with Crippen LogP contribution in [0.4, 0.5) is 0 Å². The molecule has 2 rings (SSSR count). The summed E-state index contributed by atoms with van der Waals surface area (Å²) in [5.74, 6) is 0. The predicted octanol–water partition coefficient (Wildman–Crippen LogP) is 3.34. The number of ether oxygens (including phenoxy) is 1. The molecule has 0 saturated carbocycles. The van der Waals surface area contributed by atoms with Crippen LogP contribution in [-0.2, 0) is 11.3 Å². The van der Waals surface area contributed by atoms with Gasteiger partial charge in [0.05, 0.1) is 5.60 Å². The lowest BCUT2D eigenvalue weighted by atomic mass is 9.94. The topological polar surface area (TPSA) is 21.3 Å². The standard InChI is InChI=1S/C14H20INO/c1-14(2)9-13(7-8-17-14)16-10-11-3-5-12(15)6-4-11/h3-6,13,16H,7-10H2,1-2H3. The molecule has 0 aliphatic carbocycles. The minimum absolute atomic E-state index is 0.0297. The summed E-state index contributed by atoms with van der Waals surface area (Å²) in [6.07, 6.45) is 2.21. The number of hydrogen-bond donors (Lipinski definition) is 1. The number of halogens is 1. The van der Waals surface area contributed by atoms with Crippen LogP contribution >= 0.6 is 22.6 Å². The Morgan fingerprint density at radius 1 is 1.35 bits per heavy atom. The molecule has 0 aromatic heterocycles. The van der Waals surface area contributed by atoms with Crippen molar-refractivity contribution < 1.29 is 4.74 Å². The van der Waals surface area contributed by atoms with Gasteiger partial charge in [0.25, 0.3) is 0 Å². The Labute approximate surface area is 117 Å². The highest BCUT2D eigenvalue weighted by Crippen LogP contribution is 2.24. The summed E-state index contributed by atoms with van der Waals surface area (Å²) in [4.78, 5) is 0. The van der Waals surface area contributed by atoms with E-state index in [0.29, 0.717) is 6.04 Å². The average Bonchev–Trinajstić information content (AvgIpc) is 2.27. The molecule has 1 atom stereocenters. The summed E-state index contributed by atoms with van der Waals surface area (Å²) < 4.78 is 7.01. The van der Waals surface area contributed by atoms with E-state index < -0.39 is 0 Å². The fourth-order valence-electron chi connectivity index (χ4n) is 2.27. The first-order valence-corrected chi connectivity index (χ1v) is 7.25. The van der Waals surface area contributed by atoms with Gasteiger partial charge >= 0.3 is 0 Å². The van der Waals surface area contributed by atoms with Gasteiger partial charge in [-0.05, 0) is 67.0 Å². The van der Waals surface area contributed by atoms with Crippen LogP contribution in [0.3, 0.4) is 0 Å². The quantitative estimate of drug-likeness (QED) is 0.849. The molecule has 1 saturated heterocycles. The maximum absolute atomic E-state index is 5.72. The fourth-order valence-corrected chi connectivity index (χ4v) is 2.63. The first kappa shape index (κ1) is 13.3. The van der Waals surface area contributed by atoms with Crippen LogP contribution in [0.2, 0.25) is 0 Å². The molecule has 2 nitrogen and oxygen atoms in total. The Balaban J connectivity index is 1.84. The third kappa shape index (κ3) is 4.23. The van der Waals surface area contributed by atoms with Crippen molar-refractivity contribution in [2.75, 3.05) is 6.61 Å². The molecule has 94 valence electrons. The summed E-state index contributed by atoms with van der Waals surface area (Å²) in [6, 6.07) is 9.29. The summed E-state index contributed by atoms with van der Waals surface area (Å²) in [5, 5.41) is 3.63. The highest BCUT2D eigenvalue weighted by Gasteiger charge is 2.28. The van der Waals surface area contributed by atoms with Gasteiger partial charge in [0.1, 0.15) is 0 Å². The first-order valence-electron chi connectivity index (χ1n) is 6.17. The maximum atomic E-state index is 5.72. The van der Waals surface area contributed by atoms with E-state index in [1.54, 1.807) is 0 Å². The molecule has 0 amide bonds. The van der Waals surface area contributed by atoms with Gasteiger partial charge in [-0.1, -0.05) is 12.1 Å². The molecule has 0 spiro atoms. The highest BCUT2D eigenvalue weighted by molar-refractivity contribution is 14.1. The molecule has 1 aliphatic heterocycles. The zero-order valence-electron chi connectivity index (χ0n) is 10.5. The van der Waals surface area contributed by atoms with Gasteiger partial charge < -0.3 is 10.1 Å². The SMILES string of the molecule is CC1(C)CC(NCc2ccc(I)cc2)CCO1. The molecule has 1 fully saturated rings. The van der Waals surface area contributed by atoms with Crippen molar-refractivity contribution in [2.45, 2.75) is 44.9 Å². The third-order valence-corrected chi connectivity index (χ3v) is 3.92. The Morgan fingerprint density at radius 2 is 2.06 bits per heavy atom. The molecule has 1 aromatic carbocycles. The Kier molecular flexibility index (Phi) is 4.44. The number of benzene rings is 1. The molecule has 1 unspecified atom stereocenters. The predicted molar refractivity (Wildman–Crippen MR) is 79.1 cm³/mol. The van der Waals surface area contributed by atoms with E-state index in [1.807, 2.05) is 0 Å². The number of rotatable bonds is 3. The van der Waals surface area contributed by atoms with Crippen LogP contribution in [0.15, 0.2) is 24.3 Å². The van der Waals surface area contributed by atoms with Crippen LogP contribution < -0.4 is 5.32 Å². The van der Waals surface area contributed by atoms with Gasteiger partial charge in [0.15, 0.2) is 0 Å². The highest BCUT2D eigenvalue weighted by atomic mass is 127. The largest absolute Gasteiger partial charge is 0.375 e. The van der Waals surface area contributed by atoms with Crippen molar-refractivity contribution in [1.82, 2.24) is 5.32 Å². The van der Waals surface area contributed by atoms with E-state index in [9.17, 15) is 0 Å². The minimum Gasteiger partial charge on any atom is -0.375 e. The molecule has 1 N–H and O–H groups in total. The van der Waals surface area contributed by atoms with Crippen molar-refractivity contribution in [3.05, 3.63) is 33.4 Å². The molecule has 17 heavy (non-hydrogen) atoms. The lowest BCUT2D eigenvalue weighted by molar-refractivity contribution is -0.0630. The summed E-state index contributed by atoms with van der Waals surface area (Å²) in [7, 11) is 0. The van der Waals surface area contributed by atoms with Crippen LogP contribution in [0.25, 0.3) is 0 Å². The zero-order valence-corrected chi connectivity index (χ0v) is 12.7. The van der Waals surface area contributed by atoms with Gasteiger partial charge in [-0.3, -0.25) is 0 Å². The van der Waals surface area contributed by atoms with Gasteiger partial charge in [-0.15, -0.1) is 0 Å². The van der Waals surface area contributed by atoms with Crippen molar-refractivity contribution in [3.8, 4) is 0 Å². The minimum atomic E-state index is 0.0297. The molecule has 1 aromatic rings. The molecule has 1 heterocycles. The van der Waals surface area contributed by atoms with Gasteiger partial charge in [0.2, 0.25) is 0 Å². The second-order valence-electron chi connectivity index (χ2n) is 5.31. The van der Waals surface area contributed by atoms with Crippen LogP contribution in [0.5, 0.6) is 0 Å². The van der Waals surface area contributed by atoms with E-state index in [0.717, 1.165) is 26.0 Å². The van der Waals surface area contributed by atoms with Crippen LogP contribution in [0.1, 0.15) is 32.3 Å². The van der Waals surface area contributed by atoms with E-state index in [1.165, 1.54) is 9.13 Å². The number of nitrogens with one attached hydrogen (secondary N) is 1. The van der Waals surface area contributed by atoms with Gasteiger partial charge in [-0.25, -0.2) is 0 Å². The molecule has 1 aliphatic rings. The molecule has 0 radical (unpaired) electrons. The summed E-state index contributed by atoms with van der Waals surface area (Å²) in [5.41, 5.74) is 1.39. The van der Waals surface area contributed by atoms with E-state index in [2.05, 4.69) is 66.0 Å². The zero-order chi connectivity index (χ0) is 12.3. The summed E-state index contributed by atoms with van der Waals surface area (Å²) >= 11 is 2.34. The van der Waals surface area contributed by atoms with Crippen molar-refractivity contribution >= 4 is 22.6 Å². The van der Waals surface area contributed by atoms with Crippen molar-refractivity contribution in [3.63, 3.8) is 0 Å². The second-order valence-corrected chi connectivity index (χ2v) is 6.55. The van der Waals surface area contributed by atoms with Crippen molar-refractivity contribution in [2.24, 2.45) is 0 Å². The molecule has 3 heteroatoms. The second kappa shape index (κ2) is 5.67. The van der Waals surface area contributed by atoms with Crippen LogP contribution in [0, 0.1) is 3.57 Å². The lowest BCUT2D eigenvalue weighted by Crippen LogP contribution is -2.43. The Morgan fingerprint density at radius 3 is 2.71 bits per heavy atom. The normalized spacial score (nSPS) is 23.6. The molecular weight excluding hydrogens is 325 g/mol. The average molecular weight is 345 g/mol. The van der Waals surface area contributed by atoms with E-state index in [-0.39, 0.29) is 5.60 Å². The Bertz CT molecular complexity index is 361. The number of hydrogen-bond acceptors (Lipinski definition) is 2. The first-order chi connectivity index (χ1) is 8.05. The fraction of sp³-hybridized carbons (Fsp3) is 0.571. The molecular formula is C14H20INO. The smallest absolute Gasteiger partial charge is 0.0641 e. The third-order valence-electron chi connectivity index (χ3n) is 3.21. The van der Waals surface area contributed by atoms with E-state index in [4.69, 9.17) is 4.74 Å². The summed E-state index contributed by atoms with van der Waals surface area (Å²) in [6.45, 7) is 6.17. The van der Waals surface area contributed by atoms with E-state index >= 15 is 0 Å².